The molecule has 5 rings (SSSR count). The van der Waals surface area contributed by atoms with Crippen LogP contribution in [0.2, 0.25) is 0 Å². The summed E-state index contributed by atoms with van der Waals surface area (Å²) in [6.45, 7) is 4.44. The molecule has 1 atom stereocenters. The van der Waals surface area contributed by atoms with Gasteiger partial charge in [0.05, 0.1) is 17.2 Å². The summed E-state index contributed by atoms with van der Waals surface area (Å²) in [7, 11) is 1.85. The zero-order chi connectivity index (χ0) is 16.7. The Labute approximate surface area is 159 Å². The number of aromatic nitrogens is 2. The van der Waals surface area contributed by atoms with Crippen molar-refractivity contribution in [3.8, 4) is 0 Å². The van der Waals surface area contributed by atoms with E-state index in [0.29, 0.717) is 6.04 Å². The molecular weight excluding hydrogens is 311 g/mol. The Kier molecular flexibility index (Phi) is 5.55. The maximum atomic E-state index is 11.4. The second-order valence-corrected chi connectivity index (χ2v) is 7.01. The van der Waals surface area contributed by atoms with E-state index < -0.39 is 5.97 Å². The van der Waals surface area contributed by atoms with Crippen molar-refractivity contribution >= 4 is 16.9 Å². The summed E-state index contributed by atoms with van der Waals surface area (Å²) >= 11 is 0. The van der Waals surface area contributed by atoms with Gasteiger partial charge in [-0.2, -0.15) is 5.10 Å². The number of nitrogens with one attached hydrogen (secondary N) is 1. The molecule has 4 heterocycles. The molecule has 0 amide bonds. The molecule has 3 aliphatic rings. The molecule has 2 aromatic rings. The summed E-state index contributed by atoms with van der Waals surface area (Å²) < 4.78 is 1.76. The predicted octanol–water partition coefficient (Wildman–Crippen LogP) is -2.83. The average Bonchev–Trinajstić information content (AvgIpc) is 2.92. The van der Waals surface area contributed by atoms with Gasteiger partial charge in [0.25, 0.3) is 0 Å². The summed E-state index contributed by atoms with van der Waals surface area (Å²) in [4.78, 5) is 13.9. The van der Waals surface area contributed by atoms with Crippen LogP contribution in [0.5, 0.6) is 0 Å². The van der Waals surface area contributed by atoms with Crippen LogP contribution in [0.15, 0.2) is 18.2 Å². The Morgan fingerprint density at radius 3 is 2.76 bits per heavy atom. The number of carbonyl (C=O) groups excluding carboxylic acids is 1. The Bertz CT molecular complexity index is 768. The monoisotopic (exact) mass is 334 g/mol. The molecule has 3 fully saturated rings. The fourth-order valence-corrected chi connectivity index (χ4v) is 4.32. The van der Waals surface area contributed by atoms with E-state index in [1.54, 1.807) is 16.8 Å². The van der Waals surface area contributed by atoms with Gasteiger partial charge in [-0.15, -0.1) is 0 Å². The van der Waals surface area contributed by atoms with Crippen molar-refractivity contribution in [1.29, 1.82) is 0 Å². The molecule has 1 aromatic heterocycles. The van der Waals surface area contributed by atoms with Crippen molar-refractivity contribution in [2.75, 3.05) is 26.2 Å². The number of hydrogen-bond donors (Lipinski definition) is 1. The quantitative estimate of drug-likeness (QED) is 0.597. The minimum atomic E-state index is -1.14. The molecule has 0 spiro atoms. The maximum Gasteiger partial charge on any atom is 1.00 e. The molecule has 128 valence electrons. The van der Waals surface area contributed by atoms with Crippen LogP contribution in [-0.2, 0) is 13.5 Å². The van der Waals surface area contributed by atoms with Crippen LogP contribution < -0.4 is 29.3 Å². The minimum absolute atomic E-state index is 0. The number of benzene rings is 1. The van der Waals surface area contributed by atoms with Gasteiger partial charge >= 0.3 is 18.9 Å². The number of nitrogens with zero attached hydrogens (tertiary/aromatic N) is 3. The molecule has 2 bridgehead atoms. The first-order chi connectivity index (χ1) is 11.6. The topological polar surface area (TPSA) is 73.2 Å². The van der Waals surface area contributed by atoms with E-state index in [1.807, 2.05) is 13.1 Å². The number of carboxylic acid groups (broad SMARTS) is 1. The number of fused-ring (bicyclic) bond motifs is 4. The number of piperidine rings is 3. The second-order valence-electron chi connectivity index (χ2n) is 7.01. The number of rotatable bonds is 5. The maximum absolute atomic E-state index is 11.4. The number of aryl methyl sites for hydroxylation is 1. The van der Waals surface area contributed by atoms with Gasteiger partial charge < -0.3 is 20.1 Å². The third kappa shape index (κ3) is 3.49. The molecular formula is C18H23LiN4O2. The van der Waals surface area contributed by atoms with Crippen LogP contribution in [0.25, 0.3) is 10.9 Å². The van der Waals surface area contributed by atoms with E-state index in [0.717, 1.165) is 42.0 Å². The van der Waals surface area contributed by atoms with Crippen LogP contribution in [0, 0.1) is 5.92 Å². The van der Waals surface area contributed by atoms with Crippen molar-refractivity contribution in [3.63, 3.8) is 0 Å². The van der Waals surface area contributed by atoms with Gasteiger partial charge in [-0.05, 0) is 37.9 Å². The first kappa shape index (κ1) is 18.5. The molecule has 0 unspecified atom stereocenters. The normalized spacial score (nSPS) is 25.1. The third-order valence-electron chi connectivity index (χ3n) is 5.59. The minimum Gasteiger partial charge on any atom is -0.545 e. The molecule has 6 nitrogen and oxygen atoms in total. The second kappa shape index (κ2) is 7.51. The molecule has 0 radical (unpaired) electrons. The first-order valence-electron chi connectivity index (χ1n) is 8.75. The third-order valence-corrected chi connectivity index (χ3v) is 5.59. The van der Waals surface area contributed by atoms with E-state index in [2.05, 4.69) is 15.3 Å². The van der Waals surface area contributed by atoms with Crippen LogP contribution in [0.1, 0.15) is 28.9 Å². The van der Waals surface area contributed by atoms with E-state index >= 15 is 0 Å². The van der Waals surface area contributed by atoms with Crippen molar-refractivity contribution in [2.45, 2.75) is 25.3 Å². The van der Waals surface area contributed by atoms with Gasteiger partial charge in [-0.3, -0.25) is 4.68 Å². The summed E-state index contributed by atoms with van der Waals surface area (Å²) in [5.41, 5.74) is 1.91. The molecule has 1 N–H and O–H groups in total. The molecule has 0 saturated carbocycles. The van der Waals surface area contributed by atoms with E-state index in [4.69, 9.17) is 0 Å². The fraction of sp³-hybridized carbons (Fsp3) is 0.556. The van der Waals surface area contributed by atoms with Gasteiger partial charge in [0.15, 0.2) is 0 Å². The zero-order valence-corrected chi connectivity index (χ0v) is 15.0. The number of carboxylic acids is 1. The van der Waals surface area contributed by atoms with E-state index in [1.165, 1.54) is 25.9 Å². The number of hydrogen-bond acceptors (Lipinski definition) is 5. The molecule has 0 aliphatic carbocycles. The molecule has 3 aliphatic heterocycles. The first-order valence-corrected chi connectivity index (χ1v) is 8.75. The standard InChI is InChI=1S/C18H24N4O2.Li/c1-21-16-4-2-3-13(18(23)24)17(16)14(20-21)5-8-19-15-11-22-9-6-12(15)7-10-22;/h2-4,12,15,19H,5-11H2,1H3,(H,23,24);/q;+1/p-1/t15-;/m1./s1. The van der Waals surface area contributed by atoms with Crippen LogP contribution in [-0.4, -0.2) is 52.9 Å². The summed E-state index contributed by atoms with van der Waals surface area (Å²) in [6, 6.07) is 5.80. The summed E-state index contributed by atoms with van der Waals surface area (Å²) in [5.74, 6) is -0.352. The average molecular weight is 334 g/mol. The number of carbonyl (C=O) groups is 1. The van der Waals surface area contributed by atoms with Crippen molar-refractivity contribution in [3.05, 3.63) is 29.5 Å². The smallest absolute Gasteiger partial charge is 0.545 e. The van der Waals surface area contributed by atoms with Crippen LogP contribution >= 0.6 is 0 Å². The van der Waals surface area contributed by atoms with Crippen molar-refractivity contribution in [1.82, 2.24) is 20.0 Å². The predicted molar refractivity (Wildman–Crippen MR) is 89.7 cm³/mol. The molecule has 3 saturated heterocycles. The fourth-order valence-electron chi connectivity index (χ4n) is 4.32. The van der Waals surface area contributed by atoms with Gasteiger partial charge in [0.2, 0.25) is 0 Å². The molecule has 1 aromatic carbocycles. The number of aromatic carboxylic acids is 1. The van der Waals surface area contributed by atoms with E-state index in [-0.39, 0.29) is 24.4 Å². The van der Waals surface area contributed by atoms with Crippen molar-refractivity contribution in [2.24, 2.45) is 13.0 Å². The van der Waals surface area contributed by atoms with Gasteiger partial charge in [-0.25, -0.2) is 0 Å². The zero-order valence-electron chi connectivity index (χ0n) is 15.0. The largest absolute Gasteiger partial charge is 1.00 e. The molecule has 7 heteroatoms. The van der Waals surface area contributed by atoms with Gasteiger partial charge in [0.1, 0.15) is 0 Å². The van der Waals surface area contributed by atoms with Gasteiger partial charge in [-0.1, -0.05) is 12.1 Å². The Hall–Kier alpha value is -1.32. The summed E-state index contributed by atoms with van der Waals surface area (Å²) in [6.07, 6.45) is 3.31. The summed E-state index contributed by atoms with van der Waals surface area (Å²) in [5, 5.41) is 20.3. The Balaban J connectivity index is 0.00000182. The molecule has 25 heavy (non-hydrogen) atoms. The van der Waals surface area contributed by atoms with E-state index in [9.17, 15) is 9.90 Å². The van der Waals surface area contributed by atoms with Gasteiger partial charge in [0, 0.05) is 43.5 Å². The van der Waals surface area contributed by atoms with Crippen molar-refractivity contribution < 1.29 is 28.8 Å². The SMILES string of the molecule is Cn1nc(CCN[C@@H]2CN3CCC2CC3)c2c(C(=O)[O-])cccc21.[Li+]. The Morgan fingerprint density at radius 1 is 1.36 bits per heavy atom. The van der Waals surface area contributed by atoms with Crippen LogP contribution in [0.4, 0.5) is 0 Å². The Morgan fingerprint density at radius 2 is 2.12 bits per heavy atom. The van der Waals surface area contributed by atoms with Crippen LogP contribution in [0.3, 0.4) is 0 Å².